The van der Waals surface area contributed by atoms with E-state index in [9.17, 15) is 4.79 Å². The Kier molecular flexibility index (Phi) is 4.11. The molecule has 0 atom stereocenters. The fraction of sp³-hybridized carbons (Fsp3) is 0.125. The summed E-state index contributed by atoms with van der Waals surface area (Å²) in [6.07, 6.45) is 0. The summed E-state index contributed by atoms with van der Waals surface area (Å²) in [4.78, 5) is 13.5. The summed E-state index contributed by atoms with van der Waals surface area (Å²) in [5.41, 5.74) is 2.66. The Morgan fingerprint density at radius 1 is 1.18 bits per heavy atom. The standard InChI is InChI=1S/C16H13BrN4O/c1-11-5-7-12(8-6-11)16-18-20-21(19-16)10-15(22)13-3-2-4-14(17)9-13/h2-9H,10H2,1H3. The molecule has 2 aromatic carbocycles. The Morgan fingerprint density at radius 2 is 1.95 bits per heavy atom. The van der Waals surface area contributed by atoms with Gasteiger partial charge >= 0.3 is 0 Å². The number of nitrogens with zero attached hydrogens (tertiary/aromatic N) is 4. The lowest BCUT2D eigenvalue weighted by Crippen LogP contribution is -2.13. The van der Waals surface area contributed by atoms with Gasteiger partial charge in [-0.1, -0.05) is 57.9 Å². The van der Waals surface area contributed by atoms with E-state index in [2.05, 4.69) is 31.3 Å². The molecule has 22 heavy (non-hydrogen) atoms. The van der Waals surface area contributed by atoms with Crippen LogP contribution in [-0.4, -0.2) is 26.0 Å². The van der Waals surface area contributed by atoms with E-state index in [0.29, 0.717) is 11.4 Å². The number of carbonyl (C=O) groups is 1. The zero-order valence-corrected chi connectivity index (χ0v) is 13.5. The summed E-state index contributed by atoms with van der Waals surface area (Å²) in [5, 5.41) is 12.2. The average Bonchev–Trinajstić information content (AvgIpc) is 2.96. The van der Waals surface area contributed by atoms with Crippen LogP contribution in [0.4, 0.5) is 0 Å². The number of carbonyl (C=O) groups excluding carboxylic acids is 1. The lowest BCUT2D eigenvalue weighted by Gasteiger charge is -2.00. The third-order valence-electron chi connectivity index (χ3n) is 3.19. The summed E-state index contributed by atoms with van der Waals surface area (Å²) in [6, 6.07) is 15.1. The summed E-state index contributed by atoms with van der Waals surface area (Å²) >= 11 is 3.35. The van der Waals surface area contributed by atoms with Crippen molar-refractivity contribution >= 4 is 21.7 Å². The first-order valence-electron chi connectivity index (χ1n) is 6.75. The molecule has 0 aliphatic heterocycles. The molecular formula is C16H13BrN4O. The third kappa shape index (κ3) is 3.28. The van der Waals surface area contributed by atoms with Crippen LogP contribution in [-0.2, 0) is 6.54 Å². The van der Waals surface area contributed by atoms with Crippen molar-refractivity contribution in [2.45, 2.75) is 13.5 Å². The molecule has 1 aromatic heterocycles. The number of halogens is 1. The molecule has 0 fully saturated rings. The molecule has 0 unspecified atom stereocenters. The number of benzene rings is 2. The Balaban J connectivity index is 1.77. The van der Waals surface area contributed by atoms with Crippen molar-refractivity contribution in [2.24, 2.45) is 0 Å². The molecular weight excluding hydrogens is 344 g/mol. The lowest BCUT2D eigenvalue weighted by molar-refractivity contribution is 0.0961. The molecule has 3 aromatic rings. The Hall–Kier alpha value is -2.34. The molecule has 110 valence electrons. The van der Waals surface area contributed by atoms with Gasteiger partial charge in [0, 0.05) is 15.6 Å². The van der Waals surface area contributed by atoms with Gasteiger partial charge in [0.15, 0.2) is 5.78 Å². The molecule has 0 spiro atoms. The van der Waals surface area contributed by atoms with E-state index in [1.165, 1.54) is 10.4 Å². The number of tetrazole rings is 1. The van der Waals surface area contributed by atoms with Gasteiger partial charge in [0.1, 0.15) is 6.54 Å². The van der Waals surface area contributed by atoms with Crippen molar-refractivity contribution in [2.75, 3.05) is 0 Å². The van der Waals surface area contributed by atoms with Crippen molar-refractivity contribution in [1.29, 1.82) is 0 Å². The van der Waals surface area contributed by atoms with Gasteiger partial charge in [0.2, 0.25) is 5.82 Å². The van der Waals surface area contributed by atoms with Crippen LogP contribution in [0.25, 0.3) is 11.4 Å². The number of Topliss-reactive ketones (excluding diaryl/α,β-unsaturated/α-hetero) is 1. The van der Waals surface area contributed by atoms with Crippen LogP contribution in [0, 0.1) is 6.92 Å². The molecule has 3 rings (SSSR count). The monoisotopic (exact) mass is 356 g/mol. The van der Waals surface area contributed by atoms with E-state index >= 15 is 0 Å². The van der Waals surface area contributed by atoms with Crippen LogP contribution >= 0.6 is 15.9 Å². The fourth-order valence-electron chi connectivity index (χ4n) is 2.01. The van der Waals surface area contributed by atoms with Crippen LogP contribution in [0.1, 0.15) is 15.9 Å². The minimum absolute atomic E-state index is 0.0610. The van der Waals surface area contributed by atoms with Gasteiger partial charge in [0.05, 0.1) is 0 Å². The second kappa shape index (κ2) is 6.19. The number of aryl methyl sites for hydroxylation is 1. The first kappa shape index (κ1) is 14.6. The first-order valence-corrected chi connectivity index (χ1v) is 7.55. The number of ketones is 1. The molecule has 0 aliphatic rings. The second-order valence-electron chi connectivity index (χ2n) is 4.94. The minimum Gasteiger partial charge on any atom is -0.292 e. The van der Waals surface area contributed by atoms with Crippen molar-refractivity contribution in [3.05, 3.63) is 64.1 Å². The smallest absolute Gasteiger partial charge is 0.204 e. The SMILES string of the molecule is Cc1ccc(-c2nnn(CC(=O)c3cccc(Br)c3)n2)cc1. The van der Waals surface area contributed by atoms with Crippen molar-refractivity contribution in [3.63, 3.8) is 0 Å². The number of hydrogen-bond donors (Lipinski definition) is 0. The largest absolute Gasteiger partial charge is 0.292 e. The third-order valence-corrected chi connectivity index (χ3v) is 3.69. The maximum Gasteiger partial charge on any atom is 0.204 e. The predicted molar refractivity (Wildman–Crippen MR) is 86.5 cm³/mol. The second-order valence-corrected chi connectivity index (χ2v) is 5.86. The summed E-state index contributed by atoms with van der Waals surface area (Å²) in [5.74, 6) is 0.455. The van der Waals surface area contributed by atoms with E-state index in [-0.39, 0.29) is 12.3 Å². The predicted octanol–water partition coefficient (Wildman–Crippen LogP) is 3.29. The zero-order chi connectivity index (χ0) is 15.5. The van der Waals surface area contributed by atoms with E-state index in [1.807, 2.05) is 43.3 Å². The topological polar surface area (TPSA) is 60.7 Å². The highest BCUT2D eigenvalue weighted by Gasteiger charge is 2.11. The molecule has 0 bridgehead atoms. The Morgan fingerprint density at radius 3 is 2.68 bits per heavy atom. The van der Waals surface area contributed by atoms with Gasteiger partial charge in [-0.05, 0) is 24.3 Å². The number of hydrogen-bond acceptors (Lipinski definition) is 4. The van der Waals surface area contributed by atoms with Crippen molar-refractivity contribution < 1.29 is 4.79 Å². The molecule has 0 aliphatic carbocycles. The highest BCUT2D eigenvalue weighted by Crippen LogP contribution is 2.15. The molecule has 0 N–H and O–H groups in total. The van der Waals surface area contributed by atoms with Gasteiger partial charge in [-0.3, -0.25) is 4.79 Å². The van der Waals surface area contributed by atoms with E-state index < -0.39 is 0 Å². The van der Waals surface area contributed by atoms with Crippen LogP contribution in [0.5, 0.6) is 0 Å². The number of rotatable bonds is 4. The summed E-state index contributed by atoms with van der Waals surface area (Å²) in [7, 11) is 0. The van der Waals surface area contributed by atoms with E-state index in [4.69, 9.17) is 0 Å². The van der Waals surface area contributed by atoms with Gasteiger partial charge in [0.25, 0.3) is 0 Å². The van der Waals surface area contributed by atoms with Crippen LogP contribution < -0.4 is 0 Å². The first-order chi connectivity index (χ1) is 10.6. The molecule has 6 heteroatoms. The maximum absolute atomic E-state index is 12.2. The molecule has 0 saturated heterocycles. The summed E-state index contributed by atoms with van der Waals surface area (Å²) in [6.45, 7) is 2.08. The molecule has 0 radical (unpaired) electrons. The van der Waals surface area contributed by atoms with Crippen molar-refractivity contribution in [1.82, 2.24) is 20.2 Å². The van der Waals surface area contributed by atoms with Gasteiger partial charge in [-0.2, -0.15) is 4.80 Å². The molecule has 1 heterocycles. The van der Waals surface area contributed by atoms with E-state index in [1.54, 1.807) is 12.1 Å². The Labute approximate surface area is 136 Å². The normalized spacial score (nSPS) is 10.6. The molecule has 5 nitrogen and oxygen atoms in total. The highest BCUT2D eigenvalue weighted by molar-refractivity contribution is 9.10. The van der Waals surface area contributed by atoms with E-state index in [0.717, 1.165) is 10.0 Å². The van der Waals surface area contributed by atoms with Gasteiger partial charge in [-0.25, -0.2) is 0 Å². The Bertz CT molecular complexity index is 811. The minimum atomic E-state index is -0.0610. The van der Waals surface area contributed by atoms with Crippen LogP contribution in [0.15, 0.2) is 53.0 Å². The quantitative estimate of drug-likeness (QED) is 0.673. The summed E-state index contributed by atoms with van der Waals surface area (Å²) < 4.78 is 0.866. The fourth-order valence-corrected chi connectivity index (χ4v) is 2.41. The van der Waals surface area contributed by atoms with Crippen LogP contribution in [0.2, 0.25) is 0 Å². The zero-order valence-electron chi connectivity index (χ0n) is 11.9. The molecule has 0 amide bonds. The van der Waals surface area contributed by atoms with Crippen molar-refractivity contribution in [3.8, 4) is 11.4 Å². The van der Waals surface area contributed by atoms with Gasteiger partial charge in [-0.15, -0.1) is 10.2 Å². The lowest BCUT2D eigenvalue weighted by atomic mass is 10.1. The molecule has 0 saturated carbocycles. The van der Waals surface area contributed by atoms with Crippen LogP contribution in [0.3, 0.4) is 0 Å². The number of aromatic nitrogens is 4. The maximum atomic E-state index is 12.2. The highest BCUT2D eigenvalue weighted by atomic mass is 79.9. The van der Waals surface area contributed by atoms with Gasteiger partial charge < -0.3 is 0 Å². The average molecular weight is 357 g/mol.